The number of nitrogens with two attached hydrogens (primary N) is 1. The molecule has 0 bridgehead atoms. The maximum Gasteiger partial charge on any atom is 0.148 e. The third-order valence-corrected chi connectivity index (χ3v) is 3.66. The van der Waals surface area contributed by atoms with E-state index in [1.165, 1.54) is 32.1 Å². The fourth-order valence-corrected chi connectivity index (χ4v) is 2.56. The molecule has 0 amide bonds. The molecule has 1 saturated carbocycles. The number of rotatable bonds is 2. The summed E-state index contributed by atoms with van der Waals surface area (Å²) in [6.07, 6.45) is 8.66. The average Bonchev–Trinajstić information content (AvgIpc) is 2.59. The quantitative estimate of drug-likeness (QED) is 0.810. The minimum Gasteiger partial charge on any atom is -0.382 e. The van der Waals surface area contributed by atoms with Gasteiger partial charge in [-0.1, -0.05) is 26.2 Å². The Labute approximate surface area is 91.7 Å². The maximum atomic E-state index is 5.78. The Morgan fingerprint density at radius 2 is 2.33 bits per heavy atom. The van der Waals surface area contributed by atoms with Crippen molar-refractivity contribution in [1.82, 2.24) is 9.78 Å². The highest BCUT2D eigenvalue weighted by atomic mass is 15.3. The lowest BCUT2D eigenvalue weighted by Gasteiger charge is -2.28. The smallest absolute Gasteiger partial charge is 0.148 e. The lowest BCUT2D eigenvalue weighted by atomic mass is 9.84. The zero-order valence-corrected chi connectivity index (χ0v) is 9.74. The molecule has 0 spiro atoms. The lowest BCUT2D eigenvalue weighted by Crippen LogP contribution is -2.19. The Balaban J connectivity index is 2.09. The molecular weight excluding hydrogens is 186 g/mol. The highest BCUT2D eigenvalue weighted by Crippen LogP contribution is 2.34. The number of nitrogen functional groups attached to an aromatic ring is 1. The number of anilines is 1. The predicted octanol–water partition coefficient (Wildman–Crippen LogP) is 2.92. The molecule has 0 aromatic carbocycles. The molecule has 2 N–H and O–H groups in total. The summed E-state index contributed by atoms with van der Waals surface area (Å²) in [7, 11) is 0. The van der Waals surface area contributed by atoms with Crippen molar-refractivity contribution < 1.29 is 0 Å². The Hall–Kier alpha value is -0.990. The Morgan fingerprint density at radius 1 is 1.53 bits per heavy atom. The second-order valence-corrected chi connectivity index (χ2v) is 4.77. The molecule has 84 valence electrons. The summed E-state index contributed by atoms with van der Waals surface area (Å²) in [5.74, 6) is 1.57. The first-order valence-electron chi connectivity index (χ1n) is 6.02. The molecule has 1 aromatic heterocycles. The zero-order chi connectivity index (χ0) is 10.8. The summed E-state index contributed by atoms with van der Waals surface area (Å²) in [6.45, 7) is 4.31. The molecule has 1 fully saturated rings. The number of hydrogen-bond acceptors (Lipinski definition) is 2. The van der Waals surface area contributed by atoms with Crippen molar-refractivity contribution in [2.75, 3.05) is 5.73 Å². The van der Waals surface area contributed by atoms with Crippen LogP contribution in [0.4, 0.5) is 5.82 Å². The first-order chi connectivity index (χ1) is 7.20. The summed E-state index contributed by atoms with van der Waals surface area (Å²) < 4.78 is 2.09. The number of hydrogen-bond donors (Lipinski definition) is 1. The summed E-state index contributed by atoms with van der Waals surface area (Å²) in [5, 5.41) is 4.40. The van der Waals surface area contributed by atoms with E-state index in [1.807, 2.05) is 6.92 Å². The molecule has 3 nitrogen and oxygen atoms in total. The van der Waals surface area contributed by atoms with Gasteiger partial charge in [-0.3, -0.25) is 4.68 Å². The van der Waals surface area contributed by atoms with Gasteiger partial charge in [-0.15, -0.1) is 0 Å². The Kier molecular flexibility index (Phi) is 2.98. The summed E-state index contributed by atoms with van der Waals surface area (Å²) in [6, 6.07) is 0.583. The first-order valence-corrected chi connectivity index (χ1v) is 6.02. The van der Waals surface area contributed by atoms with Crippen molar-refractivity contribution in [2.24, 2.45) is 5.92 Å². The van der Waals surface area contributed by atoms with Crippen molar-refractivity contribution in [3.63, 3.8) is 0 Å². The van der Waals surface area contributed by atoms with E-state index in [0.717, 1.165) is 11.5 Å². The first kappa shape index (κ1) is 10.5. The van der Waals surface area contributed by atoms with Crippen molar-refractivity contribution in [3.8, 4) is 0 Å². The molecule has 1 heterocycles. The Bertz CT molecular complexity index is 310. The standard InChI is InChI=1S/C12H21N3/c1-3-10-5-4-6-11(7-10)15-8-9(2)12(13)14-15/h8,10-11H,3-7H2,1-2H3,(H2,13,14). The van der Waals surface area contributed by atoms with Gasteiger partial charge in [0.05, 0.1) is 6.04 Å². The van der Waals surface area contributed by atoms with Crippen LogP contribution in [-0.4, -0.2) is 9.78 Å². The topological polar surface area (TPSA) is 43.8 Å². The van der Waals surface area contributed by atoms with Crippen molar-refractivity contribution >= 4 is 5.82 Å². The van der Waals surface area contributed by atoms with Gasteiger partial charge in [0, 0.05) is 11.8 Å². The lowest BCUT2D eigenvalue weighted by molar-refractivity contribution is 0.248. The maximum absolute atomic E-state index is 5.78. The molecule has 2 rings (SSSR count). The summed E-state index contributed by atoms with van der Waals surface area (Å²) in [4.78, 5) is 0. The summed E-state index contributed by atoms with van der Waals surface area (Å²) in [5.41, 5.74) is 6.89. The minimum absolute atomic E-state index is 0.583. The molecule has 15 heavy (non-hydrogen) atoms. The van der Waals surface area contributed by atoms with Gasteiger partial charge in [-0.25, -0.2) is 0 Å². The molecule has 2 atom stereocenters. The molecular formula is C12H21N3. The highest BCUT2D eigenvalue weighted by Gasteiger charge is 2.22. The van der Waals surface area contributed by atoms with E-state index in [2.05, 4.69) is 22.9 Å². The summed E-state index contributed by atoms with van der Waals surface area (Å²) >= 11 is 0. The molecule has 1 aliphatic rings. The van der Waals surface area contributed by atoms with Crippen molar-refractivity contribution in [3.05, 3.63) is 11.8 Å². The van der Waals surface area contributed by atoms with Crippen LogP contribution in [0, 0.1) is 12.8 Å². The van der Waals surface area contributed by atoms with E-state index in [-0.39, 0.29) is 0 Å². The van der Waals surface area contributed by atoms with Crippen molar-refractivity contribution in [1.29, 1.82) is 0 Å². The van der Waals surface area contributed by atoms with E-state index in [9.17, 15) is 0 Å². The SMILES string of the molecule is CCC1CCCC(n2cc(C)c(N)n2)C1. The van der Waals surface area contributed by atoms with Crippen LogP contribution in [0.5, 0.6) is 0 Å². The third-order valence-electron chi connectivity index (χ3n) is 3.66. The van der Waals surface area contributed by atoms with Crippen LogP contribution in [0.1, 0.15) is 50.6 Å². The van der Waals surface area contributed by atoms with Crippen LogP contribution in [0.15, 0.2) is 6.20 Å². The van der Waals surface area contributed by atoms with Crippen molar-refractivity contribution in [2.45, 2.75) is 52.0 Å². The molecule has 0 radical (unpaired) electrons. The van der Waals surface area contributed by atoms with Gasteiger partial charge in [0.15, 0.2) is 0 Å². The second kappa shape index (κ2) is 4.25. The van der Waals surface area contributed by atoms with E-state index in [0.29, 0.717) is 11.9 Å². The molecule has 3 heteroatoms. The van der Waals surface area contributed by atoms with Gasteiger partial charge >= 0.3 is 0 Å². The van der Waals surface area contributed by atoms with Crippen LogP contribution in [-0.2, 0) is 0 Å². The molecule has 0 aliphatic heterocycles. The predicted molar refractivity (Wildman–Crippen MR) is 62.7 cm³/mol. The molecule has 1 aliphatic carbocycles. The largest absolute Gasteiger partial charge is 0.382 e. The average molecular weight is 207 g/mol. The molecule has 2 unspecified atom stereocenters. The third kappa shape index (κ3) is 2.16. The van der Waals surface area contributed by atoms with Crippen LogP contribution in [0.2, 0.25) is 0 Å². The normalized spacial score (nSPS) is 26.8. The molecule has 0 saturated heterocycles. The number of aromatic nitrogens is 2. The van der Waals surface area contributed by atoms with Gasteiger partial charge in [0.1, 0.15) is 5.82 Å². The fraction of sp³-hybridized carbons (Fsp3) is 0.750. The highest BCUT2D eigenvalue weighted by molar-refractivity contribution is 5.35. The van der Waals surface area contributed by atoms with Gasteiger partial charge in [0.2, 0.25) is 0 Å². The van der Waals surface area contributed by atoms with Gasteiger partial charge < -0.3 is 5.73 Å². The van der Waals surface area contributed by atoms with Crippen LogP contribution in [0.25, 0.3) is 0 Å². The number of nitrogens with zero attached hydrogens (tertiary/aromatic N) is 2. The number of aryl methyl sites for hydroxylation is 1. The second-order valence-electron chi connectivity index (χ2n) is 4.77. The zero-order valence-electron chi connectivity index (χ0n) is 9.74. The van der Waals surface area contributed by atoms with Crippen LogP contribution < -0.4 is 5.73 Å². The monoisotopic (exact) mass is 207 g/mol. The van der Waals surface area contributed by atoms with Crippen LogP contribution >= 0.6 is 0 Å². The van der Waals surface area contributed by atoms with E-state index >= 15 is 0 Å². The van der Waals surface area contributed by atoms with Gasteiger partial charge in [-0.05, 0) is 25.7 Å². The molecule has 1 aromatic rings. The Morgan fingerprint density at radius 3 is 2.93 bits per heavy atom. The van der Waals surface area contributed by atoms with E-state index < -0.39 is 0 Å². The van der Waals surface area contributed by atoms with Crippen LogP contribution in [0.3, 0.4) is 0 Å². The van der Waals surface area contributed by atoms with E-state index in [4.69, 9.17) is 5.73 Å². The van der Waals surface area contributed by atoms with Gasteiger partial charge in [-0.2, -0.15) is 5.10 Å². The fourth-order valence-electron chi connectivity index (χ4n) is 2.56. The van der Waals surface area contributed by atoms with E-state index in [1.54, 1.807) is 0 Å². The minimum atomic E-state index is 0.583. The van der Waals surface area contributed by atoms with Gasteiger partial charge in [0.25, 0.3) is 0 Å².